The van der Waals surface area contributed by atoms with E-state index >= 15 is 0 Å². The Bertz CT molecular complexity index is 528. The zero-order valence-electron chi connectivity index (χ0n) is 11.5. The molecule has 1 aromatic rings. The van der Waals surface area contributed by atoms with Crippen LogP contribution in [0.15, 0.2) is 36.9 Å². The van der Waals surface area contributed by atoms with Crippen molar-refractivity contribution in [2.45, 2.75) is 6.42 Å². The first kappa shape index (κ1) is 14.1. The highest BCUT2D eigenvalue weighted by molar-refractivity contribution is 6.09. The molecule has 0 saturated carbocycles. The number of ether oxygens (including phenoxy) is 1. The molecule has 0 spiro atoms. The molecule has 0 radical (unpaired) electrons. The van der Waals surface area contributed by atoms with Crippen LogP contribution in [-0.2, 0) is 9.59 Å². The number of amides is 2. The Hall–Kier alpha value is -2.30. The first-order valence-corrected chi connectivity index (χ1v) is 6.51. The lowest BCUT2D eigenvalue weighted by Gasteiger charge is -2.17. The van der Waals surface area contributed by atoms with Crippen LogP contribution in [-0.4, -0.2) is 32.0 Å². The van der Waals surface area contributed by atoms with Crippen molar-refractivity contribution < 1.29 is 14.3 Å². The molecule has 1 saturated heterocycles. The van der Waals surface area contributed by atoms with Crippen molar-refractivity contribution in [2.24, 2.45) is 5.92 Å². The van der Waals surface area contributed by atoms with Gasteiger partial charge in [0.1, 0.15) is 11.7 Å². The van der Waals surface area contributed by atoms with Crippen LogP contribution < -0.4 is 15.0 Å². The molecular weight excluding hydrogens is 256 g/mol. The Balaban J connectivity index is 2.10. The standard InChI is InChI=1S/C15H18N2O3/c1-3-8-16-14(18)13-7-9-17(15(13)19)11-5-4-6-12(10-11)20-2/h3-6,10,13H,1,7-9H2,2H3,(H,16,18). The first-order chi connectivity index (χ1) is 9.67. The average molecular weight is 274 g/mol. The van der Waals surface area contributed by atoms with Crippen molar-refractivity contribution in [2.75, 3.05) is 25.1 Å². The average Bonchev–Trinajstić information content (AvgIpc) is 2.86. The van der Waals surface area contributed by atoms with Crippen LogP contribution in [0.25, 0.3) is 0 Å². The summed E-state index contributed by atoms with van der Waals surface area (Å²) in [5.74, 6) is -0.323. The van der Waals surface area contributed by atoms with Gasteiger partial charge in [0.2, 0.25) is 11.8 Å². The van der Waals surface area contributed by atoms with E-state index in [0.29, 0.717) is 25.3 Å². The number of nitrogens with one attached hydrogen (secondary N) is 1. The van der Waals surface area contributed by atoms with E-state index in [-0.39, 0.29) is 11.8 Å². The molecule has 5 heteroatoms. The zero-order valence-corrected chi connectivity index (χ0v) is 11.5. The number of hydrogen-bond acceptors (Lipinski definition) is 3. The van der Waals surface area contributed by atoms with Crippen molar-refractivity contribution >= 4 is 17.5 Å². The minimum atomic E-state index is -0.610. The van der Waals surface area contributed by atoms with Crippen LogP contribution in [0.4, 0.5) is 5.69 Å². The molecule has 1 heterocycles. The Morgan fingerprint density at radius 3 is 3.10 bits per heavy atom. The summed E-state index contributed by atoms with van der Waals surface area (Å²) in [6, 6.07) is 7.28. The number of carbonyl (C=O) groups excluding carboxylic acids is 2. The Kier molecular flexibility index (Phi) is 4.40. The fourth-order valence-corrected chi connectivity index (χ4v) is 2.25. The predicted octanol–water partition coefficient (Wildman–Crippen LogP) is 1.35. The SMILES string of the molecule is C=CCNC(=O)C1CCN(c2cccc(OC)c2)C1=O. The van der Waals surface area contributed by atoms with Crippen LogP contribution in [0, 0.1) is 5.92 Å². The molecule has 1 unspecified atom stereocenters. The summed E-state index contributed by atoms with van der Waals surface area (Å²) in [5.41, 5.74) is 0.758. The minimum Gasteiger partial charge on any atom is -0.497 e. The molecule has 0 aromatic heterocycles. The molecule has 1 aliphatic heterocycles. The fourth-order valence-electron chi connectivity index (χ4n) is 2.25. The summed E-state index contributed by atoms with van der Waals surface area (Å²) in [5, 5.41) is 2.67. The summed E-state index contributed by atoms with van der Waals surface area (Å²) in [4.78, 5) is 25.8. The molecule has 2 rings (SSSR count). The van der Waals surface area contributed by atoms with Gasteiger partial charge in [-0.25, -0.2) is 0 Å². The summed E-state index contributed by atoms with van der Waals surface area (Å²) >= 11 is 0. The highest BCUT2D eigenvalue weighted by Crippen LogP contribution is 2.27. The molecule has 1 aliphatic rings. The Labute approximate surface area is 118 Å². The fraction of sp³-hybridized carbons (Fsp3) is 0.333. The smallest absolute Gasteiger partial charge is 0.239 e. The number of anilines is 1. The highest BCUT2D eigenvalue weighted by atomic mass is 16.5. The second kappa shape index (κ2) is 6.23. The second-order valence-corrected chi connectivity index (χ2v) is 4.57. The van der Waals surface area contributed by atoms with E-state index < -0.39 is 5.92 Å². The lowest BCUT2D eigenvalue weighted by Crippen LogP contribution is -2.36. The number of carbonyl (C=O) groups is 2. The van der Waals surface area contributed by atoms with Crippen molar-refractivity contribution in [3.8, 4) is 5.75 Å². The third-order valence-electron chi connectivity index (χ3n) is 3.31. The van der Waals surface area contributed by atoms with E-state index in [1.165, 1.54) is 0 Å². The van der Waals surface area contributed by atoms with Crippen molar-refractivity contribution in [3.05, 3.63) is 36.9 Å². The van der Waals surface area contributed by atoms with Crippen LogP contribution in [0.3, 0.4) is 0 Å². The minimum absolute atomic E-state index is 0.167. The van der Waals surface area contributed by atoms with Crippen LogP contribution >= 0.6 is 0 Å². The quantitative estimate of drug-likeness (QED) is 0.651. The maximum Gasteiger partial charge on any atom is 0.239 e. The molecule has 0 bridgehead atoms. The van der Waals surface area contributed by atoms with E-state index in [9.17, 15) is 9.59 Å². The summed E-state index contributed by atoms with van der Waals surface area (Å²) in [7, 11) is 1.58. The van der Waals surface area contributed by atoms with Gasteiger partial charge >= 0.3 is 0 Å². The van der Waals surface area contributed by atoms with E-state index in [1.807, 2.05) is 18.2 Å². The molecule has 5 nitrogen and oxygen atoms in total. The molecule has 0 aliphatic carbocycles. The third-order valence-corrected chi connectivity index (χ3v) is 3.31. The zero-order chi connectivity index (χ0) is 14.5. The van der Waals surface area contributed by atoms with Gasteiger partial charge in [-0.05, 0) is 18.6 Å². The van der Waals surface area contributed by atoms with Crippen molar-refractivity contribution in [1.82, 2.24) is 5.32 Å². The predicted molar refractivity (Wildman–Crippen MR) is 76.7 cm³/mol. The summed E-state index contributed by atoms with van der Waals surface area (Å²) in [6.07, 6.45) is 2.12. The topological polar surface area (TPSA) is 58.6 Å². The maximum atomic E-state index is 12.3. The van der Waals surface area contributed by atoms with Gasteiger partial charge in [0.15, 0.2) is 0 Å². The van der Waals surface area contributed by atoms with Gasteiger partial charge in [0.25, 0.3) is 0 Å². The summed E-state index contributed by atoms with van der Waals surface area (Å²) in [6.45, 7) is 4.45. The lowest BCUT2D eigenvalue weighted by atomic mass is 10.1. The van der Waals surface area contributed by atoms with Crippen molar-refractivity contribution in [1.29, 1.82) is 0 Å². The number of benzene rings is 1. The monoisotopic (exact) mass is 274 g/mol. The van der Waals surface area contributed by atoms with Gasteiger partial charge in [0.05, 0.1) is 7.11 Å². The maximum absolute atomic E-state index is 12.3. The van der Waals surface area contributed by atoms with Gasteiger partial charge in [-0.2, -0.15) is 0 Å². The Morgan fingerprint density at radius 2 is 2.40 bits per heavy atom. The van der Waals surface area contributed by atoms with Gasteiger partial charge in [-0.1, -0.05) is 12.1 Å². The van der Waals surface area contributed by atoms with Gasteiger partial charge in [0, 0.05) is 24.8 Å². The van der Waals surface area contributed by atoms with E-state index in [0.717, 1.165) is 5.69 Å². The molecule has 1 N–H and O–H groups in total. The normalized spacial score (nSPS) is 17.9. The lowest BCUT2D eigenvalue weighted by molar-refractivity contribution is -0.131. The van der Waals surface area contributed by atoms with Crippen LogP contribution in [0.5, 0.6) is 5.75 Å². The Morgan fingerprint density at radius 1 is 1.60 bits per heavy atom. The molecule has 2 amide bonds. The van der Waals surface area contributed by atoms with Crippen molar-refractivity contribution in [3.63, 3.8) is 0 Å². The number of nitrogens with zero attached hydrogens (tertiary/aromatic N) is 1. The van der Waals surface area contributed by atoms with Crippen LogP contribution in [0.1, 0.15) is 6.42 Å². The number of rotatable bonds is 5. The first-order valence-electron chi connectivity index (χ1n) is 6.51. The molecule has 20 heavy (non-hydrogen) atoms. The van der Waals surface area contributed by atoms with Crippen LogP contribution in [0.2, 0.25) is 0 Å². The van der Waals surface area contributed by atoms with Gasteiger partial charge < -0.3 is 15.0 Å². The molecule has 106 valence electrons. The molecular formula is C15H18N2O3. The second-order valence-electron chi connectivity index (χ2n) is 4.57. The summed E-state index contributed by atoms with van der Waals surface area (Å²) < 4.78 is 5.15. The largest absolute Gasteiger partial charge is 0.497 e. The number of methoxy groups -OCH3 is 1. The van der Waals surface area contributed by atoms with E-state index in [2.05, 4.69) is 11.9 Å². The molecule has 1 aromatic carbocycles. The third kappa shape index (κ3) is 2.82. The van der Waals surface area contributed by atoms with Gasteiger partial charge in [-0.3, -0.25) is 9.59 Å². The number of hydrogen-bond donors (Lipinski definition) is 1. The molecule has 1 atom stereocenters. The van der Waals surface area contributed by atoms with E-state index in [1.54, 1.807) is 24.2 Å². The molecule has 1 fully saturated rings. The van der Waals surface area contributed by atoms with Gasteiger partial charge in [-0.15, -0.1) is 6.58 Å². The highest BCUT2D eigenvalue weighted by Gasteiger charge is 2.37. The van der Waals surface area contributed by atoms with E-state index in [4.69, 9.17) is 4.74 Å².